The summed E-state index contributed by atoms with van der Waals surface area (Å²) in [6.45, 7) is -2.94. The fourth-order valence-corrected chi connectivity index (χ4v) is 3.44. The molecule has 4 nitrogen and oxygen atoms in total. The van der Waals surface area contributed by atoms with E-state index >= 15 is 0 Å². The van der Waals surface area contributed by atoms with Crippen LogP contribution in [0.3, 0.4) is 0 Å². The van der Waals surface area contributed by atoms with Crippen molar-refractivity contribution < 1.29 is 101 Å². The van der Waals surface area contributed by atoms with Gasteiger partial charge in [0.15, 0.2) is 0 Å². The van der Waals surface area contributed by atoms with Gasteiger partial charge in [-0.15, -0.1) is 9.25 Å². The van der Waals surface area contributed by atoms with Crippen LogP contribution in [-0.2, 0) is 15.0 Å². The summed E-state index contributed by atoms with van der Waals surface area (Å²) in [5.74, 6) is -44.0. The first-order valence-corrected chi connectivity index (χ1v) is 9.11. The Morgan fingerprint density at radius 3 is 1.17 bits per heavy atom. The van der Waals surface area contributed by atoms with Crippen LogP contribution in [0.2, 0.25) is 0 Å². The smallest absolute Gasteiger partial charge is 0.205 e. The fourth-order valence-electron chi connectivity index (χ4n) is 1.96. The number of likely N-dealkylation sites (N-methyl/N-ethyl adjacent to an activating group) is 1. The Morgan fingerprint density at radius 1 is 0.583 bits per heavy atom. The van der Waals surface area contributed by atoms with E-state index in [-0.39, 0.29) is 6.92 Å². The molecule has 0 amide bonds. The summed E-state index contributed by atoms with van der Waals surface area (Å²) < 4.78 is 280. The average Bonchev–Trinajstić information content (AvgIpc) is 2.65. The molecule has 0 aliphatic rings. The minimum Gasteiger partial charge on any atom is -0.205 e. The third kappa shape index (κ3) is 4.20. The normalized spacial score (nSPS) is 16.6. The number of rotatable bonds is 11. The van der Waals surface area contributed by atoms with Gasteiger partial charge in [-0.3, -0.25) is 0 Å². The Kier molecular flexibility index (Phi) is 8.39. The van der Waals surface area contributed by atoms with Crippen molar-refractivity contribution in [2.24, 2.45) is 0 Å². The van der Waals surface area contributed by atoms with E-state index in [4.69, 9.17) is 0 Å². The highest BCUT2D eigenvalue weighted by Gasteiger charge is 2.95. The highest BCUT2D eigenvalue weighted by molar-refractivity contribution is 7.90. The summed E-state index contributed by atoms with van der Waals surface area (Å²) in [4.78, 5) is 1.24. The first-order valence-electron chi connectivity index (χ1n) is 7.67. The molecule has 0 unspecified atom stereocenters. The van der Waals surface area contributed by atoms with Gasteiger partial charge in [0, 0.05) is 6.54 Å². The van der Waals surface area contributed by atoms with Gasteiger partial charge in [-0.2, -0.15) is 83.4 Å². The van der Waals surface area contributed by atoms with Crippen molar-refractivity contribution in [3.05, 3.63) is 0 Å². The van der Waals surface area contributed by atoms with Crippen LogP contribution in [0.15, 0.2) is 0 Å². The number of halogens is 20. The molecule has 0 N–H and O–H groups in total. The molecule has 0 rings (SSSR count). The molecule has 0 aromatic rings. The second-order valence-electron chi connectivity index (χ2n) is 6.19. The van der Waals surface area contributed by atoms with Crippen molar-refractivity contribution in [3.63, 3.8) is 0 Å². The Balaban J connectivity index is 7.17. The van der Waals surface area contributed by atoms with Crippen molar-refractivity contribution in [2.75, 3.05) is 6.54 Å². The highest BCUT2D eigenvalue weighted by atomic mass is 32.2. The summed E-state index contributed by atoms with van der Waals surface area (Å²) >= 11 is 0. The van der Waals surface area contributed by atoms with Crippen molar-refractivity contribution in [3.8, 4) is 0 Å². The molecule has 218 valence electrons. The Bertz CT molecular complexity index is 908. The number of sulfonamides is 1. The minimum atomic E-state index is -9.01. The van der Waals surface area contributed by atoms with Crippen molar-refractivity contribution in [2.45, 2.75) is 60.1 Å². The van der Waals surface area contributed by atoms with Crippen LogP contribution in [0.1, 0.15) is 6.92 Å². The Hall–Kier alpha value is -1.53. The molecule has 0 aromatic carbocycles. The monoisotopic (exact) mass is 611 g/mol. The van der Waals surface area contributed by atoms with E-state index in [1.165, 1.54) is 4.94 Å². The van der Waals surface area contributed by atoms with Crippen LogP contribution in [0.25, 0.3) is 0 Å². The van der Waals surface area contributed by atoms with Gasteiger partial charge in [-0.05, 0) is 4.53 Å². The second kappa shape index (κ2) is 8.76. The lowest BCUT2D eigenvalue weighted by atomic mass is 9.94. The first-order chi connectivity index (χ1) is 15.3. The standard InChI is InChI=1S/C11H5F20NO3S/c1-2-32(9(25,26)10(27,28)35-31)36(33,34)11(29,30)7(20,21)5(16,17)3(12,13)4(14,15)6(18,19)8(22,23)24/h2H2,1H3. The maximum Gasteiger partial charge on any atom is 0.465 e. The van der Waals surface area contributed by atoms with Gasteiger partial charge in [0.05, 0.1) is 0 Å². The van der Waals surface area contributed by atoms with Crippen molar-refractivity contribution in [1.82, 2.24) is 4.31 Å². The molecule has 0 heterocycles. The zero-order valence-electron chi connectivity index (χ0n) is 15.8. The van der Waals surface area contributed by atoms with Gasteiger partial charge in [-0.1, -0.05) is 6.92 Å². The molecular weight excluding hydrogens is 606 g/mol. The van der Waals surface area contributed by atoms with Crippen LogP contribution in [-0.4, -0.2) is 72.5 Å². The number of hydrogen-bond donors (Lipinski definition) is 0. The third-order valence-corrected chi connectivity index (χ3v) is 5.93. The van der Waals surface area contributed by atoms with E-state index in [0.29, 0.717) is 0 Å². The lowest BCUT2D eigenvalue weighted by Crippen LogP contribution is -2.74. The summed E-state index contributed by atoms with van der Waals surface area (Å²) in [6, 6.07) is -7.11. The lowest BCUT2D eigenvalue weighted by molar-refractivity contribution is -0.449. The molecule has 0 saturated carbocycles. The summed E-state index contributed by atoms with van der Waals surface area (Å²) in [5.41, 5.74) is 0. The Labute approximate surface area is 183 Å². The van der Waals surface area contributed by atoms with Gasteiger partial charge < -0.3 is 0 Å². The van der Waals surface area contributed by atoms with Gasteiger partial charge in [0.2, 0.25) is 0 Å². The van der Waals surface area contributed by atoms with Gasteiger partial charge >= 0.3 is 53.2 Å². The number of nitrogens with zero attached hydrogens (tertiary/aromatic N) is 1. The summed E-state index contributed by atoms with van der Waals surface area (Å²) in [6.07, 6.45) is -14.9. The lowest BCUT2D eigenvalue weighted by Gasteiger charge is -2.42. The van der Waals surface area contributed by atoms with Crippen LogP contribution < -0.4 is 0 Å². The molecule has 0 fully saturated rings. The molecule has 0 aliphatic carbocycles. The van der Waals surface area contributed by atoms with E-state index in [1.54, 1.807) is 0 Å². The maximum atomic E-state index is 13.8. The summed E-state index contributed by atoms with van der Waals surface area (Å²) in [5, 5.41) is -8.41. The maximum absolute atomic E-state index is 13.8. The number of hydrogen-bond acceptors (Lipinski definition) is 3. The molecule has 36 heavy (non-hydrogen) atoms. The van der Waals surface area contributed by atoms with Gasteiger partial charge in [0.1, 0.15) is 0 Å². The topological polar surface area (TPSA) is 46.6 Å². The largest absolute Gasteiger partial charge is 0.465 e. The average molecular weight is 611 g/mol. The quantitative estimate of drug-likeness (QED) is 0.211. The molecule has 25 heteroatoms. The minimum absolute atomic E-state index is 0.265. The molecule has 0 aromatic heterocycles. The molecule has 0 atom stereocenters. The SMILES string of the molecule is CCN(C(F)(F)C(F)(F)OF)S(=O)(=O)C(F)(F)C(F)(F)C(F)(F)C(F)(F)C(F)(F)C(F)(F)C(F)(F)F. The van der Waals surface area contributed by atoms with Crippen LogP contribution in [0.5, 0.6) is 0 Å². The van der Waals surface area contributed by atoms with Crippen LogP contribution in [0, 0.1) is 0 Å². The van der Waals surface area contributed by atoms with E-state index in [2.05, 4.69) is 0 Å². The Morgan fingerprint density at radius 2 is 0.889 bits per heavy atom. The molecule has 0 bridgehead atoms. The van der Waals surface area contributed by atoms with E-state index in [9.17, 15) is 96.4 Å². The first kappa shape index (κ1) is 34.5. The molecular formula is C11H5F20NO3S. The third-order valence-electron chi connectivity index (χ3n) is 3.96. The predicted molar refractivity (Wildman–Crippen MR) is 69.1 cm³/mol. The zero-order valence-corrected chi connectivity index (χ0v) is 16.7. The highest BCUT2D eigenvalue weighted by Crippen LogP contribution is 2.63. The van der Waals surface area contributed by atoms with Crippen molar-refractivity contribution in [1.29, 1.82) is 0 Å². The second-order valence-corrected chi connectivity index (χ2v) is 8.10. The van der Waals surface area contributed by atoms with Crippen LogP contribution in [0.4, 0.5) is 87.9 Å². The van der Waals surface area contributed by atoms with Crippen LogP contribution >= 0.6 is 0 Å². The van der Waals surface area contributed by atoms with Gasteiger partial charge in [0.25, 0.3) is 10.0 Å². The van der Waals surface area contributed by atoms with E-state index in [1.807, 2.05) is 0 Å². The van der Waals surface area contributed by atoms with Gasteiger partial charge in [-0.25, -0.2) is 8.42 Å². The number of alkyl halides is 19. The summed E-state index contributed by atoms with van der Waals surface area (Å²) in [7, 11) is -8.71. The predicted octanol–water partition coefficient (Wildman–Crippen LogP) is 6.06. The molecule has 0 aliphatic heterocycles. The van der Waals surface area contributed by atoms with E-state index < -0.39 is 74.1 Å². The molecule has 0 spiro atoms. The molecule has 0 saturated heterocycles. The molecule has 0 radical (unpaired) electrons. The zero-order chi connectivity index (χ0) is 30.0. The fraction of sp³-hybridized carbons (Fsp3) is 1.00. The van der Waals surface area contributed by atoms with E-state index in [0.717, 1.165) is 0 Å². The van der Waals surface area contributed by atoms with Crippen molar-refractivity contribution >= 4 is 10.0 Å².